The summed E-state index contributed by atoms with van der Waals surface area (Å²) < 4.78 is 10.0. The first-order valence-corrected chi connectivity index (χ1v) is 5.38. The van der Waals surface area contributed by atoms with Crippen molar-refractivity contribution in [1.82, 2.24) is 0 Å². The number of rotatable bonds is 1. The molecule has 78 valence electrons. The van der Waals surface area contributed by atoms with Gasteiger partial charge in [-0.15, -0.1) is 0 Å². The van der Waals surface area contributed by atoms with Gasteiger partial charge in [-0.3, -0.25) is 0 Å². The molecule has 1 aliphatic heterocycles. The van der Waals surface area contributed by atoms with Crippen LogP contribution in [0.2, 0.25) is 0 Å². The summed E-state index contributed by atoms with van der Waals surface area (Å²) >= 11 is 0. The fraction of sp³-hybridized carbons (Fsp3) is 1.00. The van der Waals surface area contributed by atoms with E-state index in [1.165, 1.54) is 25.7 Å². The van der Waals surface area contributed by atoms with Crippen LogP contribution in [0.25, 0.3) is 0 Å². The van der Waals surface area contributed by atoms with Gasteiger partial charge in [0, 0.05) is 7.11 Å². The first-order chi connectivity index (χ1) is 6.24. The number of hydrogen-bond donors (Lipinski definition) is 0. The molecule has 2 aliphatic rings. The molecule has 0 aromatic heterocycles. The highest BCUT2D eigenvalue weighted by atomic mass is 16.6. The zero-order chi connectivity index (χ0) is 9.68. The zero-order valence-corrected chi connectivity index (χ0v) is 9.08. The third kappa shape index (κ3) is 4.63. The first kappa shape index (κ1) is 11.0. The van der Waals surface area contributed by atoms with Gasteiger partial charge < -0.3 is 9.47 Å². The maximum atomic E-state index is 5.30. The van der Waals surface area contributed by atoms with Crippen LogP contribution in [-0.2, 0) is 9.47 Å². The molecule has 2 rings (SSSR count). The van der Waals surface area contributed by atoms with Crippen LogP contribution in [0.4, 0.5) is 0 Å². The van der Waals surface area contributed by atoms with E-state index in [1.54, 1.807) is 0 Å². The molecule has 1 saturated heterocycles. The smallest absolute Gasteiger partial charge is 0.0781 e. The molecule has 3 atom stereocenters. The minimum atomic E-state index is 0.554. The molecule has 0 aromatic rings. The normalized spacial score (nSPS) is 37.6. The highest BCUT2D eigenvalue weighted by Crippen LogP contribution is 2.25. The van der Waals surface area contributed by atoms with Crippen molar-refractivity contribution in [1.29, 1.82) is 0 Å². The summed E-state index contributed by atoms with van der Waals surface area (Å²) in [7, 11) is 1.83. The topological polar surface area (TPSA) is 21.8 Å². The Balaban J connectivity index is 0.000000175. The average molecular weight is 186 g/mol. The molecular weight excluding hydrogens is 164 g/mol. The molecule has 2 heteroatoms. The van der Waals surface area contributed by atoms with E-state index < -0.39 is 0 Å². The Morgan fingerprint density at radius 2 is 1.69 bits per heavy atom. The van der Waals surface area contributed by atoms with Crippen LogP contribution >= 0.6 is 0 Å². The van der Waals surface area contributed by atoms with Crippen molar-refractivity contribution in [3.8, 4) is 0 Å². The van der Waals surface area contributed by atoms with E-state index in [1.807, 2.05) is 7.11 Å². The second kappa shape index (κ2) is 5.61. The third-order valence-electron chi connectivity index (χ3n) is 2.84. The third-order valence-corrected chi connectivity index (χ3v) is 2.84. The van der Waals surface area contributed by atoms with Gasteiger partial charge in [0.05, 0.1) is 18.8 Å². The molecule has 1 heterocycles. The van der Waals surface area contributed by atoms with E-state index in [2.05, 4.69) is 13.8 Å². The Kier molecular flexibility index (Phi) is 4.74. The van der Waals surface area contributed by atoms with Crippen molar-refractivity contribution in [3.05, 3.63) is 0 Å². The van der Waals surface area contributed by atoms with Crippen LogP contribution in [-0.4, -0.2) is 25.9 Å². The van der Waals surface area contributed by atoms with Gasteiger partial charge in [-0.25, -0.2) is 0 Å². The van der Waals surface area contributed by atoms with Gasteiger partial charge in [-0.05, 0) is 25.7 Å². The number of ether oxygens (including phenoxy) is 2. The van der Waals surface area contributed by atoms with Gasteiger partial charge in [0.15, 0.2) is 0 Å². The Morgan fingerprint density at radius 1 is 1.15 bits per heavy atom. The van der Waals surface area contributed by atoms with Gasteiger partial charge >= 0.3 is 0 Å². The lowest BCUT2D eigenvalue weighted by molar-refractivity contribution is 0.0310. The van der Waals surface area contributed by atoms with Gasteiger partial charge in [-0.2, -0.15) is 0 Å². The van der Waals surface area contributed by atoms with Crippen molar-refractivity contribution >= 4 is 0 Å². The van der Waals surface area contributed by atoms with Crippen molar-refractivity contribution in [3.63, 3.8) is 0 Å². The molecule has 2 nitrogen and oxygen atoms in total. The van der Waals surface area contributed by atoms with Crippen molar-refractivity contribution in [2.24, 2.45) is 5.92 Å². The van der Waals surface area contributed by atoms with Gasteiger partial charge in [-0.1, -0.05) is 19.8 Å². The molecule has 0 radical (unpaired) electrons. The van der Waals surface area contributed by atoms with Gasteiger partial charge in [0.25, 0.3) is 0 Å². The second-order valence-corrected chi connectivity index (χ2v) is 4.18. The zero-order valence-electron chi connectivity index (χ0n) is 9.08. The van der Waals surface area contributed by atoms with E-state index in [0.717, 1.165) is 12.5 Å². The van der Waals surface area contributed by atoms with Crippen LogP contribution in [0.1, 0.15) is 39.5 Å². The molecule has 1 aliphatic carbocycles. The van der Waals surface area contributed by atoms with Crippen molar-refractivity contribution in [2.45, 2.75) is 51.7 Å². The predicted octanol–water partition coefficient (Wildman–Crippen LogP) is 2.62. The summed E-state index contributed by atoms with van der Waals surface area (Å²) in [6.07, 6.45) is 6.54. The van der Waals surface area contributed by atoms with E-state index >= 15 is 0 Å². The monoisotopic (exact) mass is 186 g/mol. The van der Waals surface area contributed by atoms with Crippen LogP contribution in [0.3, 0.4) is 0 Å². The Hall–Kier alpha value is -0.0800. The molecule has 2 fully saturated rings. The maximum Gasteiger partial charge on any atom is 0.0781 e. The Bertz CT molecular complexity index is 132. The van der Waals surface area contributed by atoms with E-state index in [9.17, 15) is 0 Å². The lowest BCUT2D eigenvalue weighted by atomic mass is 9.88. The molecule has 3 unspecified atom stereocenters. The minimum Gasteiger partial charge on any atom is -0.381 e. The molecule has 13 heavy (non-hydrogen) atoms. The largest absolute Gasteiger partial charge is 0.381 e. The van der Waals surface area contributed by atoms with Crippen molar-refractivity contribution < 1.29 is 9.47 Å². The molecule has 0 amide bonds. The molecule has 0 bridgehead atoms. The van der Waals surface area contributed by atoms with E-state index in [0.29, 0.717) is 12.2 Å². The average Bonchev–Trinajstić information content (AvgIpc) is 2.90. The maximum absolute atomic E-state index is 5.30. The molecule has 0 spiro atoms. The number of hydrogen-bond acceptors (Lipinski definition) is 2. The van der Waals surface area contributed by atoms with E-state index in [4.69, 9.17) is 9.47 Å². The highest BCUT2D eigenvalue weighted by molar-refractivity contribution is 4.71. The van der Waals surface area contributed by atoms with Crippen LogP contribution in [0.15, 0.2) is 0 Å². The summed E-state index contributed by atoms with van der Waals surface area (Å²) in [5, 5.41) is 0. The van der Waals surface area contributed by atoms with Crippen LogP contribution in [0, 0.1) is 5.92 Å². The molecular formula is C11H22O2. The lowest BCUT2D eigenvalue weighted by Crippen LogP contribution is -2.23. The first-order valence-electron chi connectivity index (χ1n) is 5.38. The van der Waals surface area contributed by atoms with Crippen LogP contribution < -0.4 is 0 Å². The highest BCUT2D eigenvalue weighted by Gasteiger charge is 2.19. The SMILES string of the molecule is CC1CO1.COC1CCCCC1C. The lowest BCUT2D eigenvalue weighted by Gasteiger charge is -2.26. The Morgan fingerprint density at radius 3 is 2.00 bits per heavy atom. The van der Waals surface area contributed by atoms with Crippen molar-refractivity contribution in [2.75, 3.05) is 13.7 Å². The van der Waals surface area contributed by atoms with Gasteiger partial charge in [0.2, 0.25) is 0 Å². The predicted molar refractivity (Wildman–Crippen MR) is 53.8 cm³/mol. The summed E-state index contributed by atoms with van der Waals surface area (Å²) in [5.41, 5.74) is 0. The quantitative estimate of drug-likeness (QED) is 0.587. The van der Waals surface area contributed by atoms with E-state index in [-0.39, 0.29) is 0 Å². The Labute approximate surface area is 81.6 Å². The molecule has 0 N–H and O–H groups in total. The molecule has 0 aromatic carbocycles. The standard InChI is InChI=1S/C8H16O.C3H6O/c1-7-5-3-4-6-8(7)9-2;1-3-2-4-3/h7-8H,3-6H2,1-2H3;3H,2H2,1H3. The summed E-state index contributed by atoms with van der Waals surface area (Å²) in [4.78, 5) is 0. The number of epoxide rings is 1. The van der Waals surface area contributed by atoms with Crippen LogP contribution in [0.5, 0.6) is 0 Å². The summed E-state index contributed by atoms with van der Waals surface area (Å²) in [5.74, 6) is 0.795. The molecule has 1 saturated carbocycles. The minimum absolute atomic E-state index is 0.554. The number of methoxy groups -OCH3 is 1. The second-order valence-electron chi connectivity index (χ2n) is 4.18. The fourth-order valence-corrected chi connectivity index (χ4v) is 1.73. The van der Waals surface area contributed by atoms with Gasteiger partial charge in [0.1, 0.15) is 0 Å². The fourth-order valence-electron chi connectivity index (χ4n) is 1.73. The summed E-state index contributed by atoms with van der Waals surface area (Å²) in [6.45, 7) is 5.33. The summed E-state index contributed by atoms with van der Waals surface area (Å²) in [6, 6.07) is 0.